The second kappa shape index (κ2) is 7.80. The van der Waals surface area contributed by atoms with Crippen molar-refractivity contribution in [2.45, 2.75) is 79.1 Å². The van der Waals surface area contributed by atoms with Crippen LogP contribution in [0, 0.1) is 16.7 Å². The van der Waals surface area contributed by atoms with E-state index in [2.05, 4.69) is 0 Å². The van der Waals surface area contributed by atoms with Crippen LogP contribution in [0.4, 0.5) is 0 Å². The van der Waals surface area contributed by atoms with Crippen molar-refractivity contribution in [1.82, 2.24) is 0 Å². The molecule has 0 spiro atoms. The molecule has 6 heteroatoms. The van der Waals surface area contributed by atoms with Crippen molar-refractivity contribution >= 4 is 17.7 Å². The molecule has 0 saturated heterocycles. The summed E-state index contributed by atoms with van der Waals surface area (Å²) in [5.74, 6) is -1.36. The third kappa shape index (κ3) is 3.89. The number of esters is 2. The van der Waals surface area contributed by atoms with E-state index in [4.69, 9.17) is 9.47 Å². The number of aliphatic hydroxyl groups excluding tert-OH is 1. The van der Waals surface area contributed by atoms with Gasteiger partial charge in [-0.1, -0.05) is 31.6 Å². The highest BCUT2D eigenvalue weighted by atomic mass is 16.5. The average Bonchev–Trinajstić information content (AvgIpc) is 2.61. The number of fused-ring (bicyclic) bond motifs is 4. The fraction of sp³-hybridized carbons (Fsp3) is 0.625. The second-order valence-electron chi connectivity index (χ2n) is 9.63. The molecule has 164 valence electrons. The third-order valence-electron chi connectivity index (χ3n) is 6.95. The molecule has 5 atom stereocenters. The summed E-state index contributed by atoms with van der Waals surface area (Å²) in [7, 11) is 0. The summed E-state index contributed by atoms with van der Waals surface area (Å²) in [6.07, 6.45) is 4.89. The molecule has 0 radical (unpaired) electrons. The summed E-state index contributed by atoms with van der Waals surface area (Å²) < 4.78 is 11.3. The molecule has 0 fully saturated rings. The summed E-state index contributed by atoms with van der Waals surface area (Å²) in [5.41, 5.74) is 0.751. The Bertz CT molecular complexity index is 861. The fourth-order valence-corrected chi connectivity index (χ4v) is 5.50. The van der Waals surface area contributed by atoms with E-state index < -0.39 is 41.1 Å². The van der Waals surface area contributed by atoms with Gasteiger partial charge in [0.1, 0.15) is 18.3 Å². The van der Waals surface area contributed by atoms with Crippen LogP contribution in [-0.4, -0.2) is 41.1 Å². The summed E-state index contributed by atoms with van der Waals surface area (Å²) >= 11 is 0. The van der Waals surface area contributed by atoms with Gasteiger partial charge >= 0.3 is 11.9 Å². The molecule has 0 heterocycles. The topological polar surface area (TPSA) is 89.9 Å². The summed E-state index contributed by atoms with van der Waals surface area (Å²) in [4.78, 5) is 37.2. The van der Waals surface area contributed by atoms with Crippen LogP contribution in [-0.2, 0) is 23.9 Å². The molecule has 3 aliphatic carbocycles. The number of carbonyl (C=O) groups is 3. The number of allylic oxidation sites excluding steroid dienone is 3. The molecule has 3 rings (SSSR count). The lowest BCUT2D eigenvalue weighted by Crippen LogP contribution is -2.51. The molecule has 6 nitrogen and oxygen atoms in total. The van der Waals surface area contributed by atoms with Gasteiger partial charge in [0, 0.05) is 19.8 Å². The minimum absolute atomic E-state index is 0.264. The molecule has 30 heavy (non-hydrogen) atoms. The van der Waals surface area contributed by atoms with Gasteiger partial charge in [0.15, 0.2) is 5.78 Å². The van der Waals surface area contributed by atoms with E-state index in [-0.39, 0.29) is 11.7 Å². The Kier molecular flexibility index (Phi) is 5.84. The summed E-state index contributed by atoms with van der Waals surface area (Å²) in [6.45, 7) is 10.3. The molecule has 0 unspecified atom stereocenters. The van der Waals surface area contributed by atoms with Crippen molar-refractivity contribution in [1.29, 1.82) is 0 Å². The van der Waals surface area contributed by atoms with Crippen LogP contribution in [0.1, 0.15) is 60.8 Å². The lowest BCUT2D eigenvalue weighted by molar-refractivity contribution is -0.154. The number of hydrogen-bond acceptors (Lipinski definition) is 6. The molecule has 0 aromatic rings. The van der Waals surface area contributed by atoms with Crippen LogP contribution < -0.4 is 0 Å². The zero-order chi connectivity index (χ0) is 22.4. The van der Waals surface area contributed by atoms with E-state index in [0.29, 0.717) is 30.4 Å². The molecular formula is C24H32O6. The molecule has 0 amide bonds. The van der Waals surface area contributed by atoms with Crippen LogP contribution in [0.15, 0.2) is 34.9 Å². The number of aliphatic hydroxyl groups is 1. The van der Waals surface area contributed by atoms with E-state index >= 15 is 0 Å². The van der Waals surface area contributed by atoms with Gasteiger partial charge in [0.25, 0.3) is 0 Å². The van der Waals surface area contributed by atoms with E-state index in [1.165, 1.54) is 13.8 Å². The van der Waals surface area contributed by atoms with Crippen LogP contribution in [0.3, 0.4) is 0 Å². The first-order valence-electron chi connectivity index (χ1n) is 10.5. The average molecular weight is 417 g/mol. The molecule has 4 bridgehead atoms. The first-order chi connectivity index (χ1) is 13.9. The quantitative estimate of drug-likeness (QED) is 0.548. The van der Waals surface area contributed by atoms with Crippen molar-refractivity contribution in [2.75, 3.05) is 0 Å². The standard InChI is InChI=1S/C24H32O6/c1-13-18(29-14(2)25)11-17-19(30-15(3)26)10-16-8-7-9-24(6,12-16)22(28)21(27)20(13)23(17,4)5/h7,9-10,17-19,21,27H,8,11-12H2,1-6H3/b16-10-/t17-,18-,19-,21+,24+/m0/s1. The van der Waals surface area contributed by atoms with Gasteiger partial charge in [0.05, 0.1) is 5.41 Å². The van der Waals surface area contributed by atoms with Crippen molar-refractivity contribution in [2.24, 2.45) is 16.7 Å². The maximum atomic E-state index is 13.5. The van der Waals surface area contributed by atoms with Crippen LogP contribution in [0.25, 0.3) is 0 Å². The molecular weight excluding hydrogens is 384 g/mol. The first-order valence-corrected chi connectivity index (χ1v) is 10.5. The Morgan fingerprint density at radius 2 is 1.77 bits per heavy atom. The lowest BCUT2D eigenvalue weighted by Gasteiger charge is -2.49. The first kappa shape index (κ1) is 22.5. The molecule has 1 N–H and O–H groups in total. The van der Waals surface area contributed by atoms with Crippen LogP contribution in [0.5, 0.6) is 0 Å². The Balaban J connectivity index is 2.26. The van der Waals surface area contributed by atoms with E-state index in [1.54, 1.807) is 0 Å². The van der Waals surface area contributed by atoms with Crippen LogP contribution in [0.2, 0.25) is 0 Å². The normalized spacial score (nSPS) is 37.2. The van der Waals surface area contributed by atoms with Gasteiger partial charge in [0.2, 0.25) is 0 Å². The largest absolute Gasteiger partial charge is 0.458 e. The van der Waals surface area contributed by atoms with E-state index in [1.807, 2.05) is 45.9 Å². The molecule has 0 aromatic carbocycles. The minimum Gasteiger partial charge on any atom is -0.458 e. The van der Waals surface area contributed by atoms with Gasteiger partial charge < -0.3 is 14.6 Å². The Morgan fingerprint density at radius 3 is 2.37 bits per heavy atom. The van der Waals surface area contributed by atoms with Crippen molar-refractivity contribution in [3.63, 3.8) is 0 Å². The third-order valence-corrected chi connectivity index (χ3v) is 6.95. The highest BCUT2D eigenvalue weighted by Crippen LogP contribution is 2.52. The zero-order valence-corrected chi connectivity index (χ0v) is 18.7. The summed E-state index contributed by atoms with van der Waals surface area (Å²) in [6, 6.07) is 0. The monoisotopic (exact) mass is 416 g/mol. The SMILES string of the molecule is CC(=O)O[C@H]1C[C@H]2[C@@H](OC(C)=O)/C=C3/CC=C[C@](C)(C3)C(=O)[C@H](O)C(=C1C)C2(C)C. The number of carbonyl (C=O) groups excluding carboxylic acids is 3. The van der Waals surface area contributed by atoms with Crippen molar-refractivity contribution < 1.29 is 29.0 Å². The van der Waals surface area contributed by atoms with Gasteiger partial charge in [-0.3, -0.25) is 14.4 Å². The number of rotatable bonds is 2. The molecule has 0 saturated carbocycles. The van der Waals surface area contributed by atoms with Gasteiger partial charge in [-0.25, -0.2) is 0 Å². The van der Waals surface area contributed by atoms with Gasteiger partial charge in [-0.15, -0.1) is 0 Å². The van der Waals surface area contributed by atoms with Gasteiger partial charge in [-0.2, -0.15) is 0 Å². The number of Topliss-reactive ketones (excluding diaryl/α,β-unsaturated/α-hetero) is 1. The predicted octanol–water partition coefficient (Wildman–Crippen LogP) is 3.44. The molecule has 0 aliphatic heterocycles. The zero-order valence-electron chi connectivity index (χ0n) is 18.7. The Morgan fingerprint density at radius 1 is 1.13 bits per heavy atom. The Labute approximate surface area is 178 Å². The summed E-state index contributed by atoms with van der Waals surface area (Å²) in [5, 5.41) is 11.3. The molecule has 3 aliphatic rings. The second-order valence-corrected chi connectivity index (χ2v) is 9.63. The Hall–Kier alpha value is -2.21. The number of ketones is 1. The highest BCUT2D eigenvalue weighted by Gasteiger charge is 2.52. The number of ether oxygens (including phenoxy) is 2. The smallest absolute Gasteiger partial charge is 0.303 e. The van der Waals surface area contributed by atoms with E-state index in [0.717, 1.165) is 5.57 Å². The maximum absolute atomic E-state index is 13.5. The van der Waals surface area contributed by atoms with Crippen LogP contribution >= 0.6 is 0 Å². The van der Waals surface area contributed by atoms with Crippen molar-refractivity contribution in [3.05, 3.63) is 34.9 Å². The van der Waals surface area contributed by atoms with Crippen molar-refractivity contribution in [3.8, 4) is 0 Å². The maximum Gasteiger partial charge on any atom is 0.303 e. The highest BCUT2D eigenvalue weighted by molar-refractivity contribution is 5.93. The van der Waals surface area contributed by atoms with Gasteiger partial charge in [-0.05, 0) is 55.7 Å². The lowest BCUT2D eigenvalue weighted by atomic mass is 9.58. The van der Waals surface area contributed by atoms with E-state index in [9.17, 15) is 19.5 Å². The fourth-order valence-electron chi connectivity index (χ4n) is 5.50. The predicted molar refractivity (Wildman–Crippen MR) is 111 cm³/mol. The minimum atomic E-state index is -1.33. The number of hydrogen-bond donors (Lipinski definition) is 1. The molecule has 0 aromatic heterocycles.